The average Bonchev–Trinajstić information content (AvgIpc) is 3.22. The molecule has 0 atom stereocenters. The standard InChI is InChI=1S/C22H20N2O5S/c25-22(23-13-12-16-6-11-20-21(14-16)29-15-28-20)17-7-9-18(10-8-17)24-30(26,27)19-4-2-1-3-5-19/h1-11,14,24H,12-13,15H2,(H,23,25). The summed E-state index contributed by atoms with van der Waals surface area (Å²) in [6.07, 6.45) is 0.650. The molecule has 0 spiro atoms. The van der Waals surface area contributed by atoms with Crippen LogP contribution >= 0.6 is 0 Å². The number of carbonyl (C=O) groups is 1. The van der Waals surface area contributed by atoms with E-state index in [9.17, 15) is 13.2 Å². The van der Waals surface area contributed by atoms with Crippen molar-refractivity contribution in [2.45, 2.75) is 11.3 Å². The minimum Gasteiger partial charge on any atom is -0.454 e. The number of ether oxygens (including phenoxy) is 2. The second kappa shape index (κ2) is 8.46. The third-order valence-corrected chi connectivity index (χ3v) is 5.99. The van der Waals surface area contributed by atoms with Gasteiger partial charge >= 0.3 is 0 Å². The van der Waals surface area contributed by atoms with Crippen LogP contribution in [0.1, 0.15) is 15.9 Å². The van der Waals surface area contributed by atoms with Crippen LogP contribution in [-0.2, 0) is 16.4 Å². The molecule has 2 N–H and O–H groups in total. The first-order valence-electron chi connectivity index (χ1n) is 9.36. The largest absolute Gasteiger partial charge is 0.454 e. The average molecular weight is 424 g/mol. The zero-order valence-electron chi connectivity index (χ0n) is 16.0. The molecule has 30 heavy (non-hydrogen) atoms. The summed E-state index contributed by atoms with van der Waals surface area (Å²) < 4.78 is 37.9. The van der Waals surface area contributed by atoms with Gasteiger partial charge in [-0.3, -0.25) is 9.52 Å². The van der Waals surface area contributed by atoms with E-state index in [1.54, 1.807) is 42.5 Å². The van der Waals surface area contributed by atoms with Gasteiger partial charge in [0.05, 0.1) is 4.90 Å². The van der Waals surface area contributed by atoms with E-state index in [-0.39, 0.29) is 17.6 Å². The van der Waals surface area contributed by atoms with Gasteiger partial charge in [0.1, 0.15) is 0 Å². The van der Waals surface area contributed by atoms with Gasteiger partial charge in [0.2, 0.25) is 6.79 Å². The summed E-state index contributed by atoms with van der Waals surface area (Å²) in [5, 5.41) is 2.86. The van der Waals surface area contributed by atoms with Gasteiger partial charge in [-0.25, -0.2) is 8.42 Å². The van der Waals surface area contributed by atoms with Crippen LogP contribution in [0.15, 0.2) is 77.7 Å². The molecule has 0 radical (unpaired) electrons. The normalized spacial score (nSPS) is 12.4. The Labute approximate surface area is 174 Å². The van der Waals surface area contributed by atoms with Crippen molar-refractivity contribution in [3.8, 4) is 11.5 Å². The fourth-order valence-corrected chi connectivity index (χ4v) is 4.10. The molecule has 4 rings (SSSR count). The first kappa shape index (κ1) is 19.8. The summed E-state index contributed by atoms with van der Waals surface area (Å²) in [5.41, 5.74) is 1.87. The second-order valence-corrected chi connectivity index (χ2v) is 8.37. The first-order valence-corrected chi connectivity index (χ1v) is 10.8. The van der Waals surface area contributed by atoms with Crippen molar-refractivity contribution >= 4 is 21.6 Å². The number of amides is 1. The predicted octanol–water partition coefficient (Wildman–Crippen LogP) is 3.19. The number of sulfonamides is 1. The fraction of sp³-hybridized carbons (Fsp3) is 0.136. The van der Waals surface area contributed by atoms with E-state index in [1.165, 1.54) is 12.1 Å². The summed E-state index contributed by atoms with van der Waals surface area (Å²) in [6, 6.07) is 20.1. The third-order valence-electron chi connectivity index (χ3n) is 4.59. The molecular weight excluding hydrogens is 404 g/mol. The van der Waals surface area contributed by atoms with Crippen LogP contribution in [0.25, 0.3) is 0 Å². The van der Waals surface area contributed by atoms with E-state index in [4.69, 9.17) is 9.47 Å². The topological polar surface area (TPSA) is 93.7 Å². The van der Waals surface area contributed by atoms with Gasteiger partial charge in [-0.2, -0.15) is 0 Å². The number of hydrogen-bond donors (Lipinski definition) is 2. The summed E-state index contributed by atoms with van der Waals surface area (Å²) in [6.45, 7) is 0.688. The Morgan fingerprint density at radius 3 is 2.40 bits per heavy atom. The zero-order valence-corrected chi connectivity index (χ0v) is 16.8. The van der Waals surface area contributed by atoms with Gasteiger partial charge in [0.25, 0.3) is 15.9 Å². The van der Waals surface area contributed by atoms with E-state index in [2.05, 4.69) is 10.0 Å². The molecule has 3 aromatic carbocycles. The molecule has 7 nitrogen and oxygen atoms in total. The Kier molecular flexibility index (Phi) is 5.58. The van der Waals surface area contributed by atoms with E-state index < -0.39 is 10.0 Å². The number of hydrogen-bond acceptors (Lipinski definition) is 5. The van der Waals surface area contributed by atoms with Crippen molar-refractivity contribution in [2.24, 2.45) is 0 Å². The summed E-state index contributed by atoms with van der Waals surface area (Å²) in [7, 11) is -3.67. The number of nitrogens with one attached hydrogen (secondary N) is 2. The Balaban J connectivity index is 1.32. The zero-order chi connectivity index (χ0) is 21.0. The molecule has 1 heterocycles. The van der Waals surface area contributed by atoms with Crippen molar-refractivity contribution in [2.75, 3.05) is 18.1 Å². The van der Waals surface area contributed by atoms with Crippen molar-refractivity contribution in [1.82, 2.24) is 5.32 Å². The van der Waals surface area contributed by atoms with Gasteiger partial charge < -0.3 is 14.8 Å². The molecule has 0 fully saturated rings. The van der Waals surface area contributed by atoms with Crippen LogP contribution in [-0.4, -0.2) is 27.7 Å². The molecule has 1 aliphatic rings. The van der Waals surface area contributed by atoms with Gasteiger partial charge in [-0.1, -0.05) is 24.3 Å². The Morgan fingerprint density at radius 2 is 1.63 bits per heavy atom. The van der Waals surface area contributed by atoms with Crippen LogP contribution in [0.2, 0.25) is 0 Å². The van der Waals surface area contributed by atoms with E-state index >= 15 is 0 Å². The number of benzene rings is 3. The Morgan fingerprint density at radius 1 is 0.900 bits per heavy atom. The van der Waals surface area contributed by atoms with Crippen LogP contribution < -0.4 is 19.5 Å². The number of carbonyl (C=O) groups excluding carboxylic acids is 1. The van der Waals surface area contributed by atoms with Crippen molar-refractivity contribution in [1.29, 1.82) is 0 Å². The van der Waals surface area contributed by atoms with E-state index in [0.717, 1.165) is 11.3 Å². The van der Waals surface area contributed by atoms with E-state index in [0.29, 0.717) is 30.0 Å². The molecule has 0 bridgehead atoms. The SMILES string of the molecule is O=C(NCCc1ccc2c(c1)OCO2)c1ccc(NS(=O)(=O)c2ccccc2)cc1. The summed E-state index contributed by atoms with van der Waals surface area (Å²) in [5.74, 6) is 1.21. The molecule has 0 saturated carbocycles. The van der Waals surface area contributed by atoms with E-state index in [1.807, 2.05) is 18.2 Å². The Hall–Kier alpha value is -3.52. The third kappa shape index (κ3) is 4.55. The highest BCUT2D eigenvalue weighted by Crippen LogP contribution is 2.32. The predicted molar refractivity (Wildman–Crippen MR) is 112 cm³/mol. The molecule has 0 aliphatic carbocycles. The molecule has 8 heteroatoms. The lowest BCUT2D eigenvalue weighted by atomic mass is 10.1. The summed E-state index contributed by atoms with van der Waals surface area (Å²) >= 11 is 0. The number of rotatable bonds is 7. The maximum atomic E-state index is 12.4. The van der Waals surface area contributed by atoms with Crippen molar-refractivity contribution < 1.29 is 22.7 Å². The maximum Gasteiger partial charge on any atom is 0.261 e. The van der Waals surface area contributed by atoms with Gasteiger partial charge in [0.15, 0.2) is 11.5 Å². The van der Waals surface area contributed by atoms with Crippen LogP contribution in [0.5, 0.6) is 11.5 Å². The number of fused-ring (bicyclic) bond motifs is 1. The van der Waals surface area contributed by atoms with Gasteiger partial charge in [0, 0.05) is 17.8 Å². The van der Waals surface area contributed by atoms with Gasteiger partial charge in [-0.15, -0.1) is 0 Å². The maximum absolute atomic E-state index is 12.4. The fourth-order valence-electron chi connectivity index (χ4n) is 3.02. The van der Waals surface area contributed by atoms with Crippen molar-refractivity contribution in [3.05, 3.63) is 83.9 Å². The minimum absolute atomic E-state index is 0.176. The first-order chi connectivity index (χ1) is 14.5. The molecule has 1 amide bonds. The van der Waals surface area contributed by atoms with Crippen LogP contribution in [0.3, 0.4) is 0 Å². The molecule has 154 valence electrons. The molecule has 3 aromatic rings. The highest BCUT2D eigenvalue weighted by Gasteiger charge is 2.15. The monoisotopic (exact) mass is 424 g/mol. The minimum atomic E-state index is -3.67. The second-order valence-electron chi connectivity index (χ2n) is 6.69. The Bertz CT molecular complexity index is 1150. The molecule has 0 saturated heterocycles. The summed E-state index contributed by atoms with van der Waals surface area (Å²) in [4.78, 5) is 12.5. The van der Waals surface area contributed by atoms with Crippen molar-refractivity contribution in [3.63, 3.8) is 0 Å². The smallest absolute Gasteiger partial charge is 0.261 e. The lowest BCUT2D eigenvalue weighted by molar-refractivity contribution is 0.0954. The highest BCUT2D eigenvalue weighted by molar-refractivity contribution is 7.92. The van der Waals surface area contributed by atoms with Crippen LogP contribution in [0.4, 0.5) is 5.69 Å². The highest BCUT2D eigenvalue weighted by atomic mass is 32.2. The molecule has 0 unspecified atom stereocenters. The lowest BCUT2D eigenvalue weighted by Crippen LogP contribution is -2.25. The van der Waals surface area contributed by atoms with Crippen LogP contribution in [0, 0.1) is 0 Å². The quantitative estimate of drug-likeness (QED) is 0.608. The van der Waals surface area contributed by atoms with Gasteiger partial charge in [-0.05, 0) is 60.5 Å². The molecular formula is C22H20N2O5S. The lowest BCUT2D eigenvalue weighted by Gasteiger charge is -2.09. The molecule has 1 aliphatic heterocycles. The number of anilines is 1. The molecule has 0 aromatic heterocycles.